The molecule has 0 aliphatic heterocycles. The Morgan fingerprint density at radius 1 is 1.56 bits per heavy atom. The van der Waals surface area contributed by atoms with Crippen LogP contribution in [0.2, 0.25) is 0 Å². The van der Waals surface area contributed by atoms with Crippen molar-refractivity contribution >= 4 is 12.2 Å². The van der Waals surface area contributed by atoms with Crippen molar-refractivity contribution in [2.75, 3.05) is 6.54 Å². The van der Waals surface area contributed by atoms with Gasteiger partial charge in [-0.15, -0.1) is 0 Å². The molecule has 1 N–H and O–H groups in total. The van der Waals surface area contributed by atoms with Gasteiger partial charge in [-0.1, -0.05) is 13.8 Å². The van der Waals surface area contributed by atoms with E-state index < -0.39 is 0 Å². The monoisotopic (exact) mass is 222 g/mol. The zero-order chi connectivity index (χ0) is 12.0. The molecule has 0 atom stereocenters. The minimum atomic E-state index is -0.0197. The van der Waals surface area contributed by atoms with Gasteiger partial charge in [-0.05, 0) is 18.4 Å². The average Bonchev–Trinajstić information content (AvgIpc) is 2.65. The lowest BCUT2D eigenvalue weighted by molar-refractivity contribution is -0.121. The lowest BCUT2D eigenvalue weighted by Crippen LogP contribution is -2.28. The third-order valence-corrected chi connectivity index (χ3v) is 2.28. The van der Waals surface area contributed by atoms with Crippen LogP contribution in [0.4, 0.5) is 0 Å². The average molecular weight is 222 g/mol. The van der Waals surface area contributed by atoms with Gasteiger partial charge in [-0.3, -0.25) is 9.59 Å². The molecule has 1 amide bonds. The van der Waals surface area contributed by atoms with Crippen LogP contribution in [0.3, 0.4) is 0 Å². The number of nitrogens with zero attached hydrogens (tertiary/aromatic N) is 1. The predicted octanol–water partition coefficient (Wildman–Crippen LogP) is 1.46. The van der Waals surface area contributed by atoms with Gasteiger partial charge in [0.1, 0.15) is 6.54 Å². The van der Waals surface area contributed by atoms with Crippen LogP contribution in [-0.2, 0) is 11.3 Å². The summed E-state index contributed by atoms with van der Waals surface area (Å²) in [5.74, 6) is 0.572. The van der Waals surface area contributed by atoms with Crippen molar-refractivity contribution in [3.8, 4) is 0 Å². The normalized spacial score (nSPS) is 10.4. The Morgan fingerprint density at radius 2 is 2.31 bits per heavy atom. The second-order valence-corrected chi connectivity index (χ2v) is 4.27. The van der Waals surface area contributed by atoms with Gasteiger partial charge in [0.25, 0.3) is 0 Å². The van der Waals surface area contributed by atoms with E-state index in [1.807, 2.05) is 0 Å². The molecule has 16 heavy (non-hydrogen) atoms. The molecule has 88 valence electrons. The SMILES string of the molecule is CC(C)CCNC(=O)Cn1ccc(C=O)c1. The summed E-state index contributed by atoms with van der Waals surface area (Å²) in [6, 6.07) is 1.69. The largest absolute Gasteiger partial charge is 0.355 e. The highest BCUT2D eigenvalue weighted by Crippen LogP contribution is 1.98. The van der Waals surface area contributed by atoms with Gasteiger partial charge in [-0.2, -0.15) is 0 Å². The second kappa shape index (κ2) is 6.10. The zero-order valence-electron chi connectivity index (χ0n) is 9.77. The minimum absolute atomic E-state index is 0.0197. The Bertz CT molecular complexity index is 356. The van der Waals surface area contributed by atoms with Crippen LogP contribution < -0.4 is 5.32 Å². The highest BCUT2D eigenvalue weighted by Gasteiger charge is 2.03. The topological polar surface area (TPSA) is 51.1 Å². The fourth-order valence-corrected chi connectivity index (χ4v) is 1.35. The molecular formula is C12H18N2O2. The summed E-state index contributed by atoms with van der Waals surface area (Å²) in [4.78, 5) is 21.9. The van der Waals surface area contributed by atoms with Crippen LogP contribution >= 0.6 is 0 Å². The number of rotatable bonds is 6. The van der Waals surface area contributed by atoms with Crippen LogP contribution in [0.5, 0.6) is 0 Å². The van der Waals surface area contributed by atoms with Crippen LogP contribution in [0.15, 0.2) is 18.5 Å². The Balaban J connectivity index is 2.31. The number of aldehydes is 1. The number of nitrogens with one attached hydrogen (secondary N) is 1. The van der Waals surface area contributed by atoms with Crippen molar-refractivity contribution in [1.29, 1.82) is 0 Å². The third kappa shape index (κ3) is 4.29. The molecule has 0 radical (unpaired) electrons. The number of carbonyl (C=O) groups is 2. The van der Waals surface area contributed by atoms with Gasteiger partial charge >= 0.3 is 0 Å². The molecule has 0 spiro atoms. The van der Waals surface area contributed by atoms with E-state index in [2.05, 4.69) is 19.2 Å². The van der Waals surface area contributed by atoms with Crippen molar-refractivity contribution in [2.24, 2.45) is 5.92 Å². The van der Waals surface area contributed by atoms with Crippen LogP contribution in [0.1, 0.15) is 30.6 Å². The van der Waals surface area contributed by atoms with Gasteiger partial charge in [0.2, 0.25) is 5.91 Å². The van der Waals surface area contributed by atoms with E-state index >= 15 is 0 Å². The fraction of sp³-hybridized carbons (Fsp3) is 0.500. The Hall–Kier alpha value is -1.58. The van der Waals surface area contributed by atoms with Crippen molar-refractivity contribution in [3.05, 3.63) is 24.0 Å². The first-order valence-corrected chi connectivity index (χ1v) is 5.49. The number of aromatic nitrogens is 1. The van der Waals surface area contributed by atoms with Crippen LogP contribution in [-0.4, -0.2) is 23.3 Å². The second-order valence-electron chi connectivity index (χ2n) is 4.27. The summed E-state index contributed by atoms with van der Waals surface area (Å²) in [6.45, 7) is 5.22. The molecule has 0 bridgehead atoms. The molecule has 4 heteroatoms. The lowest BCUT2D eigenvalue weighted by atomic mass is 10.1. The first-order valence-electron chi connectivity index (χ1n) is 5.49. The zero-order valence-corrected chi connectivity index (χ0v) is 9.77. The molecule has 1 aromatic heterocycles. The first-order chi connectivity index (χ1) is 7.61. The molecule has 1 rings (SSSR count). The molecule has 0 aliphatic carbocycles. The summed E-state index contributed by atoms with van der Waals surface area (Å²) in [6.07, 6.45) is 5.14. The molecule has 1 heterocycles. The van der Waals surface area contributed by atoms with Crippen LogP contribution in [0, 0.1) is 5.92 Å². The molecule has 0 saturated carbocycles. The number of carbonyl (C=O) groups excluding carboxylic acids is 2. The summed E-state index contributed by atoms with van der Waals surface area (Å²) in [5.41, 5.74) is 0.593. The maximum atomic E-state index is 11.5. The van der Waals surface area contributed by atoms with Gasteiger partial charge in [0, 0.05) is 24.5 Å². The number of hydrogen-bond acceptors (Lipinski definition) is 2. The molecule has 1 aromatic rings. The molecule has 0 unspecified atom stereocenters. The van der Waals surface area contributed by atoms with E-state index in [1.165, 1.54) is 0 Å². The summed E-state index contributed by atoms with van der Waals surface area (Å²) >= 11 is 0. The standard InChI is InChI=1S/C12H18N2O2/c1-10(2)3-5-13-12(16)8-14-6-4-11(7-14)9-15/h4,6-7,9-10H,3,5,8H2,1-2H3,(H,13,16). The smallest absolute Gasteiger partial charge is 0.239 e. The van der Waals surface area contributed by atoms with E-state index in [0.717, 1.165) is 12.7 Å². The van der Waals surface area contributed by atoms with Gasteiger partial charge in [0.05, 0.1) is 0 Å². The van der Waals surface area contributed by atoms with Gasteiger partial charge in [0.15, 0.2) is 6.29 Å². The molecule has 0 saturated heterocycles. The summed E-state index contributed by atoms with van der Waals surface area (Å²) < 4.78 is 1.70. The fourth-order valence-electron chi connectivity index (χ4n) is 1.35. The molecule has 0 fully saturated rings. The minimum Gasteiger partial charge on any atom is -0.355 e. The van der Waals surface area contributed by atoms with Crippen molar-refractivity contribution < 1.29 is 9.59 Å². The summed E-state index contributed by atoms with van der Waals surface area (Å²) in [5, 5.41) is 2.84. The number of hydrogen-bond donors (Lipinski definition) is 1. The van der Waals surface area contributed by atoms with Crippen molar-refractivity contribution in [1.82, 2.24) is 9.88 Å². The lowest BCUT2D eigenvalue weighted by Gasteiger charge is -2.07. The van der Waals surface area contributed by atoms with Crippen molar-refractivity contribution in [2.45, 2.75) is 26.8 Å². The maximum absolute atomic E-state index is 11.5. The quantitative estimate of drug-likeness (QED) is 0.741. The predicted molar refractivity (Wildman–Crippen MR) is 62.3 cm³/mol. The Morgan fingerprint density at radius 3 is 2.88 bits per heavy atom. The molecule has 0 aromatic carbocycles. The van der Waals surface area contributed by atoms with Crippen molar-refractivity contribution in [3.63, 3.8) is 0 Å². The van der Waals surface area contributed by atoms with E-state index in [4.69, 9.17) is 0 Å². The number of amides is 1. The molecule has 4 nitrogen and oxygen atoms in total. The van der Waals surface area contributed by atoms with E-state index in [9.17, 15) is 9.59 Å². The van der Waals surface area contributed by atoms with Crippen LogP contribution in [0.25, 0.3) is 0 Å². The Labute approximate surface area is 95.6 Å². The van der Waals surface area contributed by atoms with E-state index in [0.29, 0.717) is 18.0 Å². The highest BCUT2D eigenvalue weighted by molar-refractivity contribution is 5.77. The summed E-state index contributed by atoms with van der Waals surface area (Å²) in [7, 11) is 0. The van der Waals surface area contributed by atoms with Gasteiger partial charge in [-0.25, -0.2) is 0 Å². The maximum Gasteiger partial charge on any atom is 0.239 e. The van der Waals surface area contributed by atoms with E-state index in [1.54, 1.807) is 23.0 Å². The Kier molecular flexibility index (Phi) is 4.76. The van der Waals surface area contributed by atoms with E-state index in [-0.39, 0.29) is 12.5 Å². The molecule has 0 aliphatic rings. The molecular weight excluding hydrogens is 204 g/mol. The third-order valence-electron chi connectivity index (χ3n) is 2.28. The highest BCUT2D eigenvalue weighted by atomic mass is 16.2. The van der Waals surface area contributed by atoms with Gasteiger partial charge < -0.3 is 9.88 Å². The first kappa shape index (κ1) is 12.5.